The van der Waals surface area contributed by atoms with Gasteiger partial charge in [0.05, 0.1) is 32.5 Å². The topological polar surface area (TPSA) is 101 Å². The van der Waals surface area contributed by atoms with Gasteiger partial charge in [0.1, 0.15) is 12.3 Å². The van der Waals surface area contributed by atoms with E-state index in [2.05, 4.69) is 0 Å². The number of ketones is 1. The molecule has 12 heteroatoms. The number of benzene rings is 3. The molecule has 3 atom stereocenters. The first-order chi connectivity index (χ1) is 20.4. The Labute approximate surface area is 267 Å². The normalized spacial score (nSPS) is 19.7. The summed E-state index contributed by atoms with van der Waals surface area (Å²) >= 11 is 24.1. The van der Waals surface area contributed by atoms with Crippen molar-refractivity contribution in [3.05, 3.63) is 97.4 Å². The summed E-state index contributed by atoms with van der Waals surface area (Å²) in [6.07, 6.45) is 1.84. The van der Waals surface area contributed by atoms with Gasteiger partial charge in [-0.3, -0.25) is 19.2 Å². The van der Waals surface area contributed by atoms with Crippen LogP contribution in [0.4, 0.5) is 0 Å². The van der Waals surface area contributed by atoms with E-state index in [4.69, 9.17) is 51.1 Å². The van der Waals surface area contributed by atoms with E-state index in [1.807, 2.05) is 6.92 Å². The Balaban J connectivity index is 1.39. The molecule has 3 aromatic rings. The Morgan fingerprint density at radius 1 is 0.814 bits per heavy atom. The second-order valence-electron chi connectivity index (χ2n) is 10.6. The lowest BCUT2D eigenvalue weighted by atomic mass is 9.76. The number of carbonyl (C=O) groups excluding carboxylic acids is 5. The van der Waals surface area contributed by atoms with Crippen molar-refractivity contribution in [1.29, 1.82) is 0 Å². The fourth-order valence-corrected chi connectivity index (χ4v) is 6.16. The van der Waals surface area contributed by atoms with Gasteiger partial charge in [-0.1, -0.05) is 53.3 Å². The van der Waals surface area contributed by atoms with Gasteiger partial charge >= 0.3 is 5.97 Å². The van der Waals surface area contributed by atoms with Crippen LogP contribution < -0.4 is 4.74 Å². The number of imide groups is 1. The van der Waals surface area contributed by atoms with Crippen LogP contribution in [-0.2, 0) is 9.59 Å². The van der Waals surface area contributed by atoms with Crippen LogP contribution in [0.5, 0.6) is 5.75 Å². The lowest BCUT2D eigenvalue weighted by molar-refractivity contribution is -0.154. The molecule has 1 saturated heterocycles. The van der Waals surface area contributed by atoms with Crippen molar-refractivity contribution in [1.82, 2.24) is 10.0 Å². The fourth-order valence-electron chi connectivity index (χ4n) is 5.37. The van der Waals surface area contributed by atoms with Gasteiger partial charge in [0.15, 0.2) is 5.78 Å². The molecule has 0 aromatic heterocycles. The molecule has 0 spiro atoms. The van der Waals surface area contributed by atoms with Gasteiger partial charge < -0.3 is 4.74 Å². The van der Waals surface area contributed by atoms with Crippen molar-refractivity contribution in [2.45, 2.75) is 26.2 Å². The van der Waals surface area contributed by atoms with Crippen LogP contribution in [0.15, 0.2) is 60.7 Å². The van der Waals surface area contributed by atoms with Crippen molar-refractivity contribution < 1.29 is 28.7 Å². The lowest BCUT2D eigenvalue weighted by Gasteiger charge is -2.30. The summed E-state index contributed by atoms with van der Waals surface area (Å²) in [6.45, 7) is 1.41. The zero-order valence-electron chi connectivity index (χ0n) is 22.7. The highest BCUT2D eigenvalue weighted by Gasteiger charge is 2.52. The Bertz CT molecular complexity index is 1640. The molecule has 222 valence electrons. The summed E-state index contributed by atoms with van der Waals surface area (Å²) in [5, 5.41) is 2.51. The van der Waals surface area contributed by atoms with Gasteiger partial charge in [-0.15, -0.1) is 0 Å². The molecule has 2 aliphatic rings. The number of esters is 1. The first kappa shape index (κ1) is 31.0. The molecular formula is C31H24Cl4N2O6. The van der Waals surface area contributed by atoms with E-state index >= 15 is 0 Å². The third-order valence-corrected chi connectivity index (χ3v) is 8.92. The van der Waals surface area contributed by atoms with E-state index in [0.29, 0.717) is 17.9 Å². The maximum atomic E-state index is 13.7. The minimum Gasteiger partial charge on any atom is -0.423 e. The predicted molar refractivity (Wildman–Crippen MR) is 162 cm³/mol. The quantitative estimate of drug-likeness (QED) is 0.115. The van der Waals surface area contributed by atoms with Crippen LogP contribution in [0, 0.1) is 17.8 Å². The monoisotopic (exact) mass is 660 g/mol. The number of amides is 3. The van der Waals surface area contributed by atoms with Crippen molar-refractivity contribution in [2.24, 2.45) is 17.8 Å². The molecule has 1 saturated carbocycles. The average Bonchev–Trinajstić information content (AvgIpc) is 3.21. The molecule has 5 rings (SSSR count). The summed E-state index contributed by atoms with van der Waals surface area (Å²) in [5.74, 6) is -3.77. The second kappa shape index (κ2) is 12.7. The third-order valence-electron chi connectivity index (χ3n) is 7.64. The molecule has 3 amide bonds. The maximum absolute atomic E-state index is 13.7. The van der Waals surface area contributed by atoms with E-state index in [0.717, 1.165) is 16.4 Å². The van der Waals surface area contributed by atoms with Crippen molar-refractivity contribution >= 4 is 75.9 Å². The molecule has 1 aliphatic heterocycles. The third kappa shape index (κ3) is 6.43. The number of hydrazine groups is 1. The summed E-state index contributed by atoms with van der Waals surface area (Å²) in [4.78, 5) is 66.7. The van der Waals surface area contributed by atoms with E-state index < -0.39 is 47.9 Å². The van der Waals surface area contributed by atoms with E-state index in [1.54, 1.807) is 0 Å². The molecule has 2 fully saturated rings. The standard InChI is InChI=1S/C31H24Cl4N2O6/c1-16-2-9-21-23(12-16)30(41)37(29(21)40)36(28(39)18-5-11-24(33)26(35)13-18)15-27(38)17-3-7-20(8-4-17)43-31(42)22-10-6-19(32)14-25(22)34/h3-8,10-11,13-14,16,21,23H,2,9,12,15H2,1H3/t16-,21-,23+/m1/s1. The minimum absolute atomic E-state index is 0.0501. The highest BCUT2D eigenvalue weighted by molar-refractivity contribution is 6.42. The zero-order valence-corrected chi connectivity index (χ0v) is 25.7. The first-order valence-electron chi connectivity index (χ1n) is 13.4. The number of rotatable bonds is 7. The number of hydrogen-bond donors (Lipinski definition) is 0. The average molecular weight is 662 g/mol. The number of halogens is 4. The van der Waals surface area contributed by atoms with Crippen LogP contribution in [0.1, 0.15) is 57.3 Å². The number of Topliss-reactive ketones (excluding diaryl/α,β-unsaturated/α-hetero) is 1. The highest BCUT2D eigenvalue weighted by atomic mass is 35.5. The fraction of sp³-hybridized carbons (Fsp3) is 0.258. The summed E-state index contributed by atoms with van der Waals surface area (Å²) < 4.78 is 5.36. The van der Waals surface area contributed by atoms with Gasteiger partial charge in [0, 0.05) is 16.1 Å². The van der Waals surface area contributed by atoms with Crippen molar-refractivity contribution in [3.63, 3.8) is 0 Å². The van der Waals surface area contributed by atoms with E-state index in [1.165, 1.54) is 60.7 Å². The number of hydrogen-bond acceptors (Lipinski definition) is 6. The van der Waals surface area contributed by atoms with E-state index in [-0.39, 0.29) is 43.4 Å². The minimum atomic E-state index is -0.759. The zero-order chi connectivity index (χ0) is 31.0. The Hall–Kier alpha value is -3.43. The van der Waals surface area contributed by atoms with Crippen LogP contribution in [-0.4, -0.2) is 46.0 Å². The molecular weight excluding hydrogens is 638 g/mol. The predicted octanol–water partition coefficient (Wildman–Crippen LogP) is 7.18. The summed E-state index contributed by atoms with van der Waals surface area (Å²) in [5.41, 5.74) is 0.313. The maximum Gasteiger partial charge on any atom is 0.345 e. The van der Waals surface area contributed by atoms with Gasteiger partial charge in [-0.25, -0.2) is 9.80 Å². The molecule has 43 heavy (non-hydrogen) atoms. The van der Waals surface area contributed by atoms with Gasteiger partial charge in [0.2, 0.25) is 0 Å². The molecule has 1 aliphatic carbocycles. The smallest absolute Gasteiger partial charge is 0.345 e. The SMILES string of the molecule is C[C@@H]1CC[C@H]2C(=O)N(N(CC(=O)c3ccc(OC(=O)c4ccc(Cl)cc4Cl)cc3)C(=O)c3ccc(Cl)c(Cl)c3)C(=O)[C@H]2C1. The largest absolute Gasteiger partial charge is 0.423 e. The Kier molecular flexibility index (Phi) is 9.13. The number of ether oxygens (including phenoxy) is 1. The van der Waals surface area contributed by atoms with Crippen molar-refractivity contribution in [2.75, 3.05) is 6.54 Å². The van der Waals surface area contributed by atoms with Crippen LogP contribution in [0.2, 0.25) is 20.1 Å². The molecule has 0 N–H and O–H groups in total. The molecule has 0 radical (unpaired) electrons. The van der Waals surface area contributed by atoms with Gasteiger partial charge in [-0.2, -0.15) is 5.01 Å². The van der Waals surface area contributed by atoms with Gasteiger partial charge in [0.25, 0.3) is 17.7 Å². The highest BCUT2D eigenvalue weighted by Crippen LogP contribution is 2.41. The van der Waals surface area contributed by atoms with Crippen LogP contribution in [0.25, 0.3) is 0 Å². The summed E-state index contributed by atoms with van der Waals surface area (Å²) in [6, 6.07) is 14.1. The molecule has 1 heterocycles. The number of carbonyl (C=O) groups is 5. The Morgan fingerprint density at radius 2 is 1.49 bits per heavy atom. The molecule has 8 nitrogen and oxygen atoms in total. The van der Waals surface area contributed by atoms with Crippen LogP contribution in [0.3, 0.4) is 0 Å². The van der Waals surface area contributed by atoms with Gasteiger partial charge in [-0.05, 0) is 85.8 Å². The Morgan fingerprint density at radius 3 is 2.16 bits per heavy atom. The first-order valence-corrected chi connectivity index (χ1v) is 14.9. The molecule has 0 bridgehead atoms. The second-order valence-corrected chi connectivity index (χ2v) is 12.2. The van der Waals surface area contributed by atoms with Crippen molar-refractivity contribution in [3.8, 4) is 5.75 Å². The lowest BCUT2D eigenvalue weighted by Crippen LogP contribution is -2.52. The summed E-state index contributed by atoms with van der Waals surface area (Å²) in [7, 11) is 0. The number of fused-ring (bicyclic) bond motifs is 1. The van der Waals surface area contributed by atoms with E-state index in [9.17, 15) is 24.0 Å². The van der Waals surface area contributed by atoms with Crippen LogP contribution >= 0.6 is 46.4 Å². The molecule has 0 unspecified atom stereocenters. The molecule has 3 aromatic carbocycles. The number of nitrogens with zero attached hydrogens (tertiary/aromatic N) is 2.